The zero-order valence-corrected chi connectivity index (χ0v) is 22.1. The van der Waals surface area contributed by atoms with Crippen LogP contribution in [0.2, 0.25) is 0 Å². The Labute approximate surface area is 236 Å². The summed E-state index contributed by atoms with van der Waals surface area (Å²) in [6.07, 6.45) is -1.46. The summed E-state index contributed by atoms with van der Waals surface area (Å²) in [7, 11) is 0. The number of phenolic OH excluding ortho intramolecular Hbond substituents is 1. The number of ketones is 1. The van der Waals surface area contributed by atoms with Crippen molar-refractivity contribution in [3.63, 3.8) is 0 Å². The highest BCUT2D eigenvalue weighted by atomic mass is 16.6. The molecule has 0 radical (unpaired) electrons. The number of esters is 1. The number of phenols is 1. The van der Waals surface area contributed by atoms with E-state index in [0.717, 1.165) is 16.3 Å². The van der Waals surface area contributed by atoms with Gasteiger partial charge in [0.25, 0.3) is 0 Å². The van der Waals surface area contributed by atoms with Crippen molar-refractivity contribution in [2.45, 2.75) is 31.4 Å². The molecular formula is C32H29NO8. The minimum Gasteiger partial charge on any atom is -0.508 e. The van der Waals surface area contributed by atoms with Crippen LogP contribution in [0.5, 0.6) is 5.75 Å². The number of benzene rings is 4. The van der Waals surface area contributed by atoms with Gasteiger partial charge in [0.1, 0.15) is 18.4 Å². The summed E-state index contributed by atoms with van der Waals surface area (Å²) < 4.78 is 10.5. The first-order chi connectivity index (χ1) is 19.8. The van der Waals surface area contributed by atoms with Gasteiger partial charge in [-0.05, 0) is 46.0 Å². The maximum atomic E-state index is 13.4. The molecule has 0 aliphatic carbocycles. The highest BCUT2D eigenvalue weighted by Gasteiger charge is 2.29. The standard InChI is InChI=1S/C32H29NO8/c34-24-15-13-21(14-16-24)17-27(26-12-6-10-23-9-4-5-11-25(23)26)31(38)40-20-29(35)28(18-30(36)37)33-32(39)41-19-22-7-2-1-3-8-22/h1-16,27-28,34H,17-20H2,(H,33,39)(H,36,37). The minimum atomic E-state index is -1.46. The van der Waals surface area contributed by atoms with Gasteiger partial charge in [-0.3, -0.25) is 14.4 Å². The third kappa shape index (κ3) is 8.15. The number of nitrogens with one attached hydrogen (secondary N) is 1. The van der Waals surface area contributed by atoms with Gasteiger partial charge in [0.05, 0.1) is 12.3 Å². The molecule has 4 rings (SSSR count). The second-order valence-electron chi connectivity index (χ2n) is 9.42. The lowest BCUT2D eigenvalue weighted by molar-refractivity contribution is -0.150. The van der Waals surface area contributed by atoms with Gasteiger partial charge in [-0.15, -0.1) is 0 Å². The lowest BCUT2D eigenvalue weighted by Crippen LogP contribution is -2.44. The van der Waals surface area contributed by atoms with Gasteiger partial charge in [-0.1, -0.05) is 84.9 Å². The zero-order chi connectivity index (χ0) is 29.2. The van der Waals surface area contributed by atoms with Crippen molar-refractivity contribution >= 4 is 34.6 Å². The Bertz CT molecular complexity index is 1510. The topological polar surface area (TPSA) is 139 Å². The van der Waals surface area contributed by atoms with Gasteiger partial charge in [0.2, 0.25) is 0 Å². The fourth-order valence-electron chi connectivity index (χ4n) is 4.41. The van der Waals surface area contributed by atoms with E-state index in [1.54, 1.807) is 36.4 Å². The van der Waals surface area contributed by atoms with Crippen LogP contribution in [0.1, 0.15) is 29.0 Å². The highest BCUT2D eigenvalue weighted by molar-refractivity contribution is 5.94. The first kappa shape index (κ1) is 28.8. The molecule has 0 aliphatic heterocycles. The molecule has 0 saturated carbocycles. The molecule has 210 valence electrons. The molecule has 9 heteroatoms. The normalized spacial score (nSPS) is 12.2. The summed E-state index contributed by atoms with van der Waals surface area (Å²) in [5, 5.41) is 23.0. The van der Waals surface area contributed by atoms with Crippen molar-refractivity contribution in [2.24, 2.45) is 0 Å². The van der Waals surface area contributed by atoms with Crippen LogP contribution in [0.4, 0.5) is 4.79 Å². The minimum absolute atomic E-state index is 0.0698. The second-order valence-corrected chi connectivity index (χ2v) is 9.42. The summed E-state index contributed by atoms with van der Waals surface area (Å²) in [6.45, 7) is -0.813. The molecule has 4 aromatic rings. The summed E-state index contributed by atoms with van der Waals surface area (Å²) in [4.78, 5) is 50.0. The number of alkyl carbamates (subject to hydrolysis) is 1. The average molecular weight is 556 g/mol. The maximum Gasteiger partial charge on any atom is 0.408 e. The summed E-state index contributed by atoms with van der Waals surface area (Å²) >= 11 is 0. The van der Waals surface area contributed by atoms with Crippen molar-refractivity contribution < 1.29 is 38.9 Å². The Morgan fingerprint density at radius 3 is 2.17 bits per heavy atom. The molecule has 1 amide bonds. The van der Waals surface area contributed by atoms with Crippen LogP contribution < -0.4 is 5.32 Å². The van der Waals surface area contributed by atoms with Crippen LogP contribution >= 0.6 is 0 Å². The predicted molar refractivity (Wildman–Crippen MR) is 150 cm³/mol. The van der Waals surface area contributed by atoms with Crippen LogP contribution in [-0.4, -0.2) is 46.7 Å². The van der Waals surface area contributed by atoms with Crippen LogP contribution in [0.15, 0.2) is 97.1 Å². The number of carbonyl (C=O) groups is 4. The Hall–Kier alpha value is -5.18. The number of aromatic hydroxyl groups is 1. The van der Waals surface area contributed by atoms with Crippen LogP contribution in [0.25, 0.3) is 10.8 Å². The largest absolute Gasteiger partial charge is 0.508 e. The van der Waals surface area contributed by atoms with E-state index in [-0.39, 0.29) is 18.8 Å². The summed E-state index contributed by atoms with van der Waals surface area (Å²) in [5.74, 6) is -3.52. The van der Waals surface area contributed by atoms with E-state index in [4.69, 9.17) is 9.47 Å². The van der Waals surface area contributed by atoms with E-state index in [1.165, 1.54) is 12.1 Å². The number of aliphatic carboxylic acids is 1. The summed E-state index contributed by atoms with van der Waals surface area (Å²) in [5.41, 5.74) is 2.17. The lowest BCUT2D eigenvalue weighted by atomic mass is 9.88. The maximum absolute atomic E-state index is 13.4. The molecular weight excluding hydrogens is 526 g/mol. The van der Waals surface area contributed by atoms with Gasteiger partial charge in [0, 0.05) is 0 Å². The molecule has 0 bridgehead atoms. The predicted octanol–water partition coefficient (Wildman–Crippen LogP) is 4.75. The molecule has 0 aliphatic rings. The SMILES string of the molecule is O=C(O)CC(NC(=O)OCc1ccccc1)C(=O)COC(=O)C(Cc1ccc(O)cc1)c1cccc2ccccc12. The van der Waals surface area contributed by atoms with Crippen LogP contribution in [0, 0.1) is 0 Å². The molecule has 3 N–H and O–H groups in total. The fraction of sp³-hybridized carbons (Fsp3) is 0.188. The number of carbonyl (C=O) groups excluding carboxylic acids is 3. The van der Waals surface area contributed by atoms with Crippen molar-refractivity contribution in [1.29, 1.82) is 0 Å². The fourth-order valence-corrected chi connectivity index (χ4v) is 4.41. The Kier molecular flexibility index (Phi) is 9.66. The smallest absolute Gasteiger partial charge is 0.408 e. The van der Waals surface area contributed by atoms with Gasteiger partial charge in [-0.25, -0.2) is 4.79 Å². The van der Waals surface area contributed by atoms with E-state index in [2.05, 4.69) is 5.32 Å². The number of amides is 1. The quantitative estimate of drug-likeness (QED) is 0.213. The Morgan fingerprint density at radius 2 is 1.44 bits per heavy atom. The lowest BCUT2D eigenvalue weighted by Gasteiger charge is -2.20. The van der Waals surface area contributed by atoms with E-state index in [0.29, 0.717) is 11.1 Å². The number of rotatable bonds is 12. The number of carboxylic acids is 1. The Balaban J connectivity index is 1.47. The molecule has 41 heavy (non-hydrogen) atoms. The van der Waals surface area contributed by atoms with E-state index in [1.807, 2.05) is 48.5 Å². The number of Topliss-reactive ketones (excluding diaryl/α,β-unsaturated/α-hetero) is 1. The average Bonchev–Trinajstić information content (AvgIpc) is 2.98. The molecule has 2 unspecified atom stereocenters. The first-order valence-electron chi connectivity index (χ1n) is 12.9. The van der Waals surface area contributed by atoms with Gasteiger partial charge >= 0.3 is 18.0 Å². The molecule has 4 aromatic carbocycles. The number of hydrogen-bond donors (Lipinski definition) is 3. The third-order valence-electron chi connectivity index (χ3n) is 6.49. The van der Waals surface area contributed by atoms with Gasteiger partial charge in [0.15, 0.2) is 12.4 Å². The number of carboxylic acid groups (broad SMARTS) is 1. The van der Waals surface area contributed by atoms with Gasteiger partial charge < -0.3 is 25.0 Å². The number of fused-ring (bicyclic) bond motifs is 1. The van der Waals surface area contributed by atoms with Crippen LogP contribution in [-0.2, 0) is 36.9 Å². The third-order valence-corrected chi connectivity index (χ3v) is 6.49. The van der Waals surface area contributed by atoms with Crippen LogP contribution in [0.3, 0.4) is 0 Å². The van der Waals surface area contributed by atoms with Gasteiger partial charge in [-0.2, -0.15) is 0 Å². The number of hydrogen-bond acceptors (Lipinski definition) is 7. The van der Waals surface area contributed by atoms with E-state index >= 15 is 0 Å². The zero-order valence-electron chi connectivity index (χ0n) is 22.1. The Morgan fingerprint density at radius 1 is 0.756 bits per heavy atom. The first-order valence-corrected chi connectivity index (χ1v) is 12.9. The highest BCUT2D eigenvalue weighted by Crippen LogP contribution is 2.30. The van der Waals surface area contributed by atoms with Crippen molar-refractivity contribution in [1.82, 2.24) is 5.32 Å². The van der Waals surface area contributed by atoms with E-state index < -0.39 is 48.8 Å². The van der Waals surface area contributed by atoms with Crippen molar-refractivity contribution in [3.05, 3.63) is 114 Å². The molecule has 0 saturated heterocycles. The molecule has 0 heterocycles. The molecule has 0 fully saturated rings. The monoisotopic (exact) mass is 555 g/mol. The molecule has 0 spiro atoms. The molecule has 0 aromatic heterocycles. The molecule has 9 nitrogen and oxygen atoms in total. The summed E-state index contributed by atoms with van der Waals surface area (Å²) in [6, 6.07) is 26.9. The van der Waals surface area contributed by atoms with Crippen molar-refractivity contribution in [3.8, 4) is 5.75 Å². The van der Waals surface area contributed by atoms with E-state index in [9.17, 15) is 29.4 Å². The second kappa shape index (κ2) is 13.7. The van der Waals surface area contributed by atoms with Crippen molar-refractivity contribution in [2.75, 3.05) is 6.61 Å². The number of ether oxygens (including phenoxy) is 2. The molecule has 2 atom stereocenters.